The van der Waals surface area contributed by atoms with Crippen LogP contribution in [0.1, 0.15) is 33.6 Å². The molecule has 2 heteroatoms. The van der Waals surface area contributed by atoms with Gasteiger partial charge in [0, 0.05) is 0 Å². The van der Waals surface area contributed by atoms with Gasteiger partial charge in [0.15, 0.2) is 0 Å². The molecule has 68 valence electrons. The molecule has 0 aliphatic carbocycles. The predicted octanol–water partition coefficient (Wildman–Crippen LogP) is 3.74. The van der Waals surface area contributed by atoms with Crippen molar-refractivity contribution in [1.82, 2.24) is 0 Å². The third kappa shape index (κ3) is 5.87. The molecule has 0 spiro atoms. The van der Waals surface area contributed by atoms with E-state index in [1.54, 1.807) is 0 Å². The van der Waals surface area contributed by atoms with Crippen molar-refractivity contribution in [2.45, 2.75) is 33.6 Å². The third-order valence-corrected chi connectivity index (χ3v) is 5.45. The van der Waals surface area contributed by atoms with Crippen LogP contribution in [0.2, 0.25) is 0 Å². The summed E-state index contributed by atoms with van der Waals surface area (Å²) in [6.07, 6.45) is 2.82. The van der Waals surface area contributed by atoms with E-state index in [1.807, 2.05) is 0 Å². The van der Waals surface area contributed by atoms with Gasteiger partial charge < -0.3 is 0 Å². The highest BCUT2D eigenvalue weighted by Crippen LogP contribution is 2.49. The fraction of sp³-hybridized carbons (Fsp3) is 0.889. The molecule has 0 rings (SSSR count). The zero-order valence-corrected chi connectivity index (χ0v) is 9.96. The van der Waals surface area contributed by atoms with Crippen LogP contribution in [0, 0.1) is 5.92 Å². The molecule has 0 saturated carbocycles. The summed E-state index contributed by atoms with van der Waals surface area (Å²) in [4.78, 5) is 0. The second-order valence-electron chi connectivity index (χ2n) is 3.50. The molecule has 0 aromatic carbocycles. The Balaban J connectivity index is 4.01. The molecule has 0 amide bonds. The van der Waals surface area contributed by atoms with Gasteiger partial charge in [-0.3, -0.25) is 0 Å². The molecule has 0 aliphatic rings. The first-order valence-electron chi connectivity index (χ1n) is 4.44. The summed E-state index contributed by atoms with van der Waals surface area (Å²) >= 11 is 4.72. The van der Waals surface area contributed by atoms with Gasteiger partial charge in [0.2, 0.25) is 0 Å². The quantitative estimate of drug-likeness (QED) is 0.509. The van der Waals surface area contributed by atoms with Gasteiger partial charge in [-0.15, -0.1) is 0 Å². The lowest BCUT2D eigenvalue weighted by atomic mass is 10.2. The summed E-state index contributed by atoms with van der Waals surface area (Å²) in [5, 5.41) is 0. The lowest BCUT2D eigenvalue weighted by Crippen LogP contribution is -1.98. The summed E-state index contributed by atoms with van der Waals surface area (Å²) in [6.45, 7) is 9.08. The van der Waals surface area contributed by atoms with Gasteiger partial charge in [-0.2, -0.15) is 12.2 Å². The fourth-order valence-corrected chi connectivity index (χ4v) is 5.01. The summed E-state index contributed by atoms with van der Waals surface area (Å²) in [7, 11) is 0. The Bertz CT molecular complexity index is 146. The maximum absolute atomic E-state index is 4.72. The Hall–Kier alpha value is 0.650. The Kier molecular flexibility index (Phi) is 5.64. The van der Waals surface area contributed by atoms with Crippen molar-refractivity contribution in [2.24, 2.45) is 5.92 Å². The van der Waals surface area contributed by atoms with Crippen LogP contribution in [-0.4, -0.2) is 18.6 Å². The Morgan fingerprint density at radius 1 is 1.45 bits per heavy atom. The molecule has 0 aliphatic heterocycles. The topological polar surface area (TPSA) is 0 Å². The maximum atomic E-state index is 4.72. The minimum atomic E-state index is -0.946. The van der Waals surface area contributed by atoms with Crippen molar-refractivity contribution in [3.63, 3.8) is 0 Å². The Labute approximate surface area is 76.9 Å². The first-order chi connectivity index (χ1) is 5.02. The minimum absolute atomic E-state index is 0.841. The normalized spacial score (nSPS) is 19.0. The smallest absolute Gasteiger partial charge is 0.0223 e. The Morgan fingerprint density at radius 2 is 2.00 bits per heavy atom. The molecule has 0 fully saturated rings. The van der Waals surface area contributed by atoms with E-state index in [2.05, 4.69) is 33.2 Å². The van der Waals surface area contributed by atoms with E-state index in [9.17, 15) is 0 Å². The molecule has 0 aromatic heterocycles. The van der Waals surface area contributed by atoms with Crippen LogP contribution >= 0.6 is 18.3 Å². The number of hydrogen-bond acceptors (Lipinski definition) is 1. The van der Waals surface area contributed by atoms with Gasteiger partial charge in [-0.25, -0.2) is 0 Å². The van der Waals surface area contributed by atoms with Crippen LogP contribution in [0.4, 0.5) is 0 Å². The molecule has 0 bridgehead atoms. The highest BCUT2D eigenvalue weighted by Gasteiger charge is 2.08. The second-order valence-corrected chi connectivity index (χ2v) is 9.40. The second kappa shape index (κ2) is 5.32. The molecule has 0 N–H and O–H groups in total. The van der Waals surface area contributed by atoms with Crippen LogP contribution in [-0.2, 0) is 0 Å². The van der Waals surface area contributed by atoms with E-state index < -0.39 is 6.09 Å². The first-order valence-corrected chi connectivity index (χ1v) is 8.08. The van der Waals surface area contributed by atoms with E-state index in [-0.39, 0.29) is 0 Å². The van der Waals surface area contributed by atoms with Crippen LogP contribution in [0.15, 0.2) is 0 Å². The lowest BCUT2D eigenvalue weighted by molar-refractivity contribution is 0.634. The summed E-state index contributed by atoms with van der Waals surface area (Å²) in [5.74, 6) is 3.25. The van der Waals surface area contributed by atoms with Crippen molar-refractivity contribution < 1.29 is 0 Å². The van der Waals surface area contributed by atoms with Gasteiger partial charge in [0.1, 0.15) is 0 Å². The average Bonchev–Trinajstić information content (AvgIpc) is 1.86. The van der Waals surface area contributed by atoms with Crippen molar-refractivity contribution in [1.29, 1.82) is 0 Å². The standard InChI is InChI=1S/C9H21PS/c1-5-7-10(4,11)8-9(3)6-2/h7,9,11H,5-6,8H2,1-4H3. The van der Waals surface area contributed by atoms with Crippen molar-refractivity contribution in [3.05, 3.63) is 0 Å². The predicted molar refractivity (Wildman–Crippen MR) is 62.5 cm³/mol. The minimum Gasteiger partial charge on any atom is -0.153 e. The summed E-state index contributed by atoms with van der Waals surface area (Å²) < 4.78 is 0. The fourth-order valence-electron chi connectivity index (χ4n) is 1.23. The monoisotopic (exact) mass is 192 g/mol. The molecule has 11 heavy (non-hydrogen) atoms. The molecular formula is C9H21PS. The third-order valence-electron chi connectivity index (χ3n) is 1.95. The van der Waals surface area contributed by atoms with E-state index in [1.165, 1.54) is 19.0 Å². The highest BCUT2D eigenvalue weighted by atomic mass is 32.7. The highest BCUT2D eigenvalue weighted by molar-refractivity contribution is 8.51. The first kappa shape index (κ1) is 11.6. The molecule has 0 heterocycles. The maximum Gasteiger partial charge on any atom is -0.0223 e. The van der Waals surface area contributed by atoms with Crippen molar-refractivity contribution in [2.75, 3.05) is 12.8 Å². The molecular weight excluding hydrogens is 171 g/mol. The van der Waals surface area contributed by atoms with Crippen LogP contribution in [0.5, 0.6) is 0 Å². The van der Waals surface area contributed by atoms with Crippen LogP contribution in [0.25, 0.3) is 0 Å². The summed E-state index contributed by atoms with van der Waals surface area (Å²) in [6, 6.07) is 0. The van der Waals surface area contributed by atoms with E-state index >= 15 is 0 Å². The van der Waals surface area contributed by atoms with Gasteiger partial charge in [0.25, 0.3) is 0 Å². The zero-order chi connectivity index (χ0) is 8.91. The van der Waals surface area contributed by atoms with Gasteiger partial charge >= 0.3 is 0 Å². The molecule has 0 radical (unpaired) electrons. The van der Waals surface area contributed by atoms with Crippen LogP contribution < -0.4 is 0 Å². The van der Waals surface area contributed by atoms with E-state index in [0.29, 0.717) is 0 Å². The van der Waals surface area contributed by atoms with Crippen molar-refractivity contribution >= 4 is 24.1 Å². The molecule has 0 saturated heterocycles. The van der Waals surface area contributed by atoms with Gasteiger partial charge in [-0.05, 0) is 25.2 Å². The number of hydrogen-bond donors (Lipinski definition) is 1. The van der Waals surface area contributed by atoms with Crippen LogP contribution in [0.3, 0.4) is 0 Å². The molecule has 2 unspecified atom stereocenters. The zero-order valence-electron chi connectivity index (χ0n) is 8.17. The molecule has 2 atom stereocenters. The van der Waals surface area contributed by atoms with E-state index in [0.717, 1.165) is 5.92 Å². The number of thiol groups is 1. The van der Waals surface area contributed by atoms with E-state index in [4.69, 9.17) is 12.2 Å². The SMILES string of the molecule is CCC=P(C)(S)CC(C)CC. The number of rotatable bonds is 4. The van der Waals surface area contributed by atoms with Crippen molar-refractivity contribution in [3.8, 4) is 0 Å². The Morgan fingerprint density at radius 3 is 2.36 bits per heavy atom. The largest absolute Gasteiger partial charge is 0.153 e. The molecule has 0 aromatic rings. The van der Waals surface area contributed by atoms with Gasteiger partial charge in [-0.1, -0.05) is 39.1 Å². The molecule has 0 nitrogen and oxygen atoms in total. The van der Waals surface area contributed by atoms with Gasteiger partial charge in [0.05, 0.1) is 0 Å². The lowest BCUT2D eigenvalue weighted by Gasteiger charge is -2.18. The summed E-state index contributed by atoms with van der Waals surface area (Å²) in [5.41, 5.74) is 0. The average molecular weight is 192 g/mol.